The number of nitrogens with zero attached hydrogens (tertiary/aromatic N) is 2. The molecule has 2 aromatic rings. The lowest BCUT2D eigenvalue weighted by molar-refractivity contribution is -0.137. The molecule has 0 saturated heterocycles. The maximum absolute atomic E-state index is 12.6. The SMILES string of the molecule is CN(C)[C@@H](C(=O)NCCNc1ncc(C(F)(F)F)cc1Cl)c1ccccc1. The van der Waals surface area contributed by atoms with Crippen LogP contribution in [-0.4, -0.2) is 43.0 Å². The molecule has 0 fully saturated rings. The maximum Gasteiger partial charge on any atom is 0.417 e. The Labute approximate surface area is 160 Å². The molecule has 0 saturated carbocycles. The minimum atomic E-state index is -4.50. The van der Waals surface area contributed by atoms with Crippen molar-refractivity contribution in [3.05, 3.63) is 58.7 Å². The number of carbonyl (C=O) groups is 1. The molecule has 0 bridgehead atoms. The molecule has 0 radical (unpaired) electrons. The molecule has 1 heterocycles. The lowest BCUT2D eigenvalue weighted by atomic mass is 10.1. The zero-order chi connectivity index (χ0) is 20.0. The third kappa shape index (κ3) is 5.83. The Hall–Kier alpha value is -2.32. The van der Waals surface area contributed by atoms with Crippen LogP contribution in [0.2, 0.25) is 5.02 Å². The molecule has 27 heavy (non-hydrogen) atoms. The van der Waals surface area contributed by atoms with Gasteiger partial charge in [-0.3, -0.25) is 9.69 Å². The summed E-state index contributed by atoms with van der Waals surface area (Å²) in [6, 6.07) is 9.70. The topological polar surface area (TPSA) is 57.3 Å². The number of carbonyl (C=O) groups excluding carboxylic acids is 1. The molecule has 0 unspecified atom stereocenters. The standard InChI is InChI=1S/C18H20ClF3N4O/c1-26(2)15(12-6-4-3-5-7-12)17(27)24-9-8-23-16-14(19)10-13(11-25-16)18(20,21)22/h3-7,10-11,15H,8-9H2,1-2H3,(H,23,25)(H,24,27)/t15-/m1/s1. The minimum absolute atomic E-state index is 0.131. The summed E-state index contributed by atoms with van der Waals surface area (Å²) in [7, 11) is 3.61. The van der Waals surface area contributed by atoms with Gasteiger partial charge in [0.15, 0.2) is 0 Å². The van der Waals surface area contributed by atoms with E-state index in [1.54, 1.807) is 19.0 Å². The zero-order valence-electron chi connectivity index (χ0n) is 14.8. The summed E-state index contributed by atoms with van der Waals surface area (Å²) in [5.74, 6) is -0.0504. The van der Waals surface area contributed by atoms with Gasteiger partial charge in [0.1, 0.15) is 11.9 Å². The van der Waals surface area contributed by atoms with E-state index in [9.17, 15) is 18.0 Å². The van der Waals surface area contributed by atoms with E-state index in [0.29, 0.717) is 6.20 Å². The van der Waals surface area contributed by atoms with Crippen LogP contribution in [-0.2, 0) is 11.0 Å². The number of aromatic nitrogens is 1. The summed E-state index contributed by atoms with van der Waals surface area (Å²) in [4.78, 5) is 18.0. The molecule has 1 amide bonds. The Balaban J connectivity index is 1.90. The van der Waals surface area contributed by atoms with Crippen LogP contribution >= 0.6 is 11.6 Å². The van der Waals surface area contributed by atoms with Gasteiger partial charge in [0, 0.05) is 19.3 Å². The lowest BCUT2D eigenvalue weighted by Crippen LogP contribution is -2.39. The van der Waals surface area contributed by atoms with Crippen LogP contribution in [0.1, 0.15) is 17.2 Å². The number of hydrogen-bond acceptors (Lipinski definition) is 4. The number of pyridine rings is 1. The highest BCUT2D eigenvalue weighted by Gasteiger charge is 2.31. The van der Waals surface area contributed by atoms with Gasteiger partial charge in [-0.25, -0.2) is 4.98 Å². The number of amides is 1. The van der Waals surface area contributed by atoms with Crippen molar-refractivity contribution >= 4 is 23.3 Å². The molecule has 0 aliphatic heterocycles. The van der Waals surface area contributed by atoms with Crippen molar-refractivity contribution in [2.75, 3.05) is 32.5 Å². The van der Waals surface area contributed by atoms with Gasteiger partial charge in [-0.05, 0) is 25.7 Å². The molecule has 0 aliphatic rings. The second-order valence-electron chi connectivity index (χ2n) is 6.05. The fourth-order valence-corrected chi connectivity index (χ4v) is 2.74. The smallest absolute Gasteiger partial charge is 0.367 e. The Morgan fingerprint density at radius 3 is 2.44 bits per heavy atom. The minimum Gasteiger partial charge on any atom is -0.367 e. The number of halogens is 4. The monoisotopic (exact) mass is 400 g/mol. The van der Waals surface area contributed by atoms with E-state index in [0.717, 1.165) is 11.6 Å². The highest BCUT2D eigenvalue weighted by atomic mass is 35.5. The molecule has 2 rings (SSSR count). The molecule has 1 atom stereocenters. The molecular weight excluding hydrogens is 381 g/mol. The molecular formula is C18H20ClF3N4O. The van der Waals surface area contributed by atoms with Crippen LogP contribution in [0, 0.1) is 0 Å². The Kier molecular flexibility index (Phi) is 7.04. The summed E-state index contributed by atoms with van der Waals surface area (Å²) in [6.45, 7) is 0.522. The van der Waals surface area contributed by atoms with Crippen molar-refractivity contribution in [1.29, 1.82) is 0 Å². The maximum atomic E-state index is 12.6. The fraction of sp³-hybridized carbons (Fsp3) is 0.333. The first kappa shape index (κ1) is 21.0. The van der Waals surface area contributed by atoms with Gasteiger partial charge in [-0.2, -0.15) is 13.2 Å². The van der Waals surface area contributed by atoms with E-state index < -0.39 is 17.8 Å². The summed E-state index contributed by atoms with van der Waals surface area (Å²) in [6.07, 6.45) is -3.79. The number of hydrogen-bond donors (Lipinski definition) is 2. The van der Waals surface area contributed by atoms with Crippen LogP contribution in [0.3, 0.4) is 0 Å². The average molecular weight is 401 g/mol. The van der Waals surface area contributed by atoms with Crippen molar-refractivity contribution in [3.8, 4) is 0 Å². The van der Waals surface area contributed by atoms with E-state index in [1.807, 2.05) is 30.3 Å². The van der Waals surface area contributed by atoms with E-state index >= 15 is 0 Å². The third-order valence-electron chi connectivity index (χ3n) is 3.77. The normalized spacial score (nSPS) is 12.7. The molecule has 2 N–H and O–H groups in total. The van der Waals surface area contributed by atoms with Crippen molar-refractivity contribution in [1.82, 2.24) is 15.2 Å². The summed E-state index contributed by atoms with van der Waals surface area (Å²) < 4.78 is 37.8. The summed E-state index contributed by atoms with van der Waals surface area (Å²) in [5.41, 5.74) is -0.0524. The highest BCUT2D eigenvalue weighted by Crippen LogP contribution is 2.32. The number of nitrogens with one attached hydrogen (secondary N) is 2. The van der Waals surface area contributed by atoms with Crippen LogP contribution in [0.4, 0.5) is 19.0 Å². The predicted molar refractivity (Wildman–Crippen MR) is 98.6 cm³/mol. The van der Waals surface area contributed by atoms with E-state index in [1.165, 1.54) is 0 Å². The first-order chi connectivity index (χ1) is 12.7. The van der Waals surface area contributed by atoms with Crippen molar-refractivity contribution < 1.29 is 18.0 Å². The zero-order valence-corrected chi connectivity index (χ0v) is 15.6. The van der Waals surface area contributed by atoms with Gasteiger partial charge in [0.05, 0.1) is 10.6 Å². The summed E-state index contributed by atoms with van der Waals surface area (Å²) >= 11 is 5.83. The van der Waals surface area contributed by atoms with Crippen LogP contribution < -0.4 is 10.6 Å². The van der Waals surface area contributed by atoms with Gasteiger partial charge < -0.3 is 10.6 Å². The van der Waals surface area contributed by atoms with E-state index in [2.05, 4.69) is 15.6 Å². The average Bonchev–Trinajstić information content (AvgIpc) is 2.59. The Morgan fingerprint density at radius 2 is 1.89 bits per heavy atom. The number of rotatable bonds is 7. The summed E-state index contributed by atoms with van der Waals surface area (Å²) in [5, 5.41) is 5.48. The molecule has 0 aliphatic carbocycles. The fourth-order valence-electron chi connectivity index (χ4n) is 2.51. The van der Waals surface area contributed by atoms with Crippen molar-refractivity contribution in [3.63, 3.8) is 0 Å². The van der Waals surface area contributed by atoms with Crippen molar-refractivity contribution in [2.24, 2.45) is 0 Å². The molecule has 9 heteroatoms. The van der Waals surface area contributed by atoms with Crippen LogP contribution in [0.25, 0.3) is 0 Å². The van der Waals surface area contributed by atoms with Crippen LogP contribution in [0.5, 0.6) is 0 Å². The lowest BCUT2D eigenvalue weighted by Gasteiger charge is -2.24. The van der Waals surface area contributed by atoms with Gasteiger partial charge >= 0.3 is 6.18 Å². The van der Waals surface area contributed by atoms with E-state index in [4.69, 9.17) is 11.6 Å². The molecule has 1 aromatic heterocycles. The van der Waals surface area contributed by atoms with Gasteiger partial charge in [0.25, 0.3) is 0 Å². The number of benzene rings is 1. The van der Waals surface area contributed by atoms with Crippen molar-refractivity contribution in [2.45, 2.75) is 12.2 Å². The molecule has 0 spiro atoms. The number of likely N-dealkylation sites (N-methyl/N-ethyl adjacent to an activating group) is 1. The molecule has 1 aromatic carbocycles. The first-order valence-electron chi connectivity index (χ1n) is 8.16. The first-order valence-corrected chi connectivity index (χ1v) is 8.53. The Morgan fingerprint density at radius 1 is 1.22 bits per heavy atom. The quantitative estimate of drug-likeness (QED) is 0.697. The van der Waals surface area contributed by atoms with Crippen LogP contribution in [0.15, 0.2) is 42.6 Å². The second-order valence-corrected chi connectivity index (χ2v) is 6.45. The number of anilines is 1. The molecule has 146 valence electrons. The van der Waals surface area contributed by atoms with E-state index in [-0.39, 0.29) is 29.8 Å². The van der Waals surface area contributed by atoms with Gasteiger partial charge in [-0.15, -0.1) is 0 Å². The van der Waals surface area contributed by atoms with Gasteiger partial charge in [0.2, 0.25) is 5.91 Å². The largest absolute Gasteiger partial charge is 0.417 e. The number of alkyl halides is 3. The Bertz CT molecular complexity index is 769. The second kappa shape index (κ2) is 9.05. The van der Waals surface area contributed by atoms with Gasteiger partial charge in [-0.1, -0.05) is 41.9 Å². The predicted octanol–water partition coefficient (Wildman–Crippen LogP) is 3.58. The molecule has 5 nitrogen and oxygen atoms in total. The highest BCUT2D eigenvalue weighted by molar-refractivity contribution is 6.32. The third-order valence-corrected chi connectivity index (χ3v) is 4.05.